The van der Waals surface area contributed by atoms with E-state index < -0.39 is 0 Å². The van der Waals surface area contributed by atoms with E-state index in [1.54, 1.807) is 36.4 Å². The predicted octanol–water partition coefficient (Wildman–Crippen LogP) is 4.56. The van der Waals surface area contributed by atoms with Crippen molar-refractivity contribution < 1.29 is 9.59 Å². The average molecular weight is 392 g/mol. The van der Waals surface area contributed by atoms with E-state index in [0.717, 1.165) is 11.1 Å². The molecule has 7 heteroatoms. The number of hydrazone groups is 1. The SMILES string of the molecule is Cc1c(Cl)cccc1NC(=O)CCCC(=O)NN=Cc1cccc(Cl)c1. The van der Waals surface area contributed by atoms with Gasteiger partial charge in [0.2, 0.25) is 11.8 Å². The first kappa shape index (κ1) is 19.9. The molecule has 0 fully saturated rings. The highest BCUT2D eigenvalue weighted by Gasteiger charge is 2.08. The maximum atomic E-state index is 12.0. The summed E-state index contributed by atoms with van der Waals surface area (Å²) in [6.45, 7) is 1.84. The van der Waals surface area contributed by atoms with E-state index in [2.05, 4.69) is 15.8 Å². The highest BCUT2D eigenvalue weighted by molar-refractivity contribution is 6.31. The van der Waals surface area contributed by atoms with Crippen LogP contribution in [0.3, 0.4) is 0 Å². The summed E-state index contributed by atoms with van der Waals surface area (Å²) in [7, 11) is 0. The molecule has 0 saturated heterocycles. The van der Waals surface area contributed by atoms with Crippen LogP contribution in [0.2, 0.25) is 10.0 Å². The van der Waals surface area contributed by atoms with Crippen molar-refractivity contribution in [2.75, 3.05) is 5.32 Å². The molecular formula is C19H19Cl2N3O2. The lowest BCUT2D eigenvalue weighted by molar-refractivity contribution is -0.121. The van der Waals surface area contributed by atoms with Gasteiger partial charge in [-0.25, -0.2) is 5.43 Å². The van der Waals surface area contributed by atoms with Crippen LogP contribution in [0.1, 0.15) is 30.4 Å². The molecule has 0 heterocycles. The maximum absolute atomic E-state index is 12.0. The van der Waals surface area contributed by atoms with E-state index in [4.69, 9.17) is 23.2 Å². The second kappa shape index (κ2) is 9.94. The summed E-state index contributed by atoms with van der Waals surface area (Å²) in [6.07, 6.45) is 2.37. The fraction of sp³-hybridized carbons (Fsp3) is 0.211. The summed E-state index contributed by atoms with van der Waals surface area (Å²) < 4.78 is 0. The minimum Gasteiger partial charge on any atom is -0.326 e. The fourth-order valence-corrected chi connectivity index (χ4v) is 2.56. The molecular weight excluding hydrogens is 373 g/mol. The number of rotatable bonds is 7. The van der Waals surface area contributed by atoms with Crippen LogP contribution in [-0.4, -0.2) is 18.0 Å². The molecule has 0 atom stereocenters. The Morgan fingerprint density at radius 3 is 2.58 bits per heavy atom. The number of anilines is 1. The summed E-state index contributed by atoms with van der Waals surface area (Å²) in [5.74, 6) is -0.416. The van der Waals surface area contributed by atoms with E-state index >= 15 is 0 Å². The van der Waals surface area contributed by atoms with Crippen LogP contribution in [0.5, 0.6) is 0 Å². The third-order valence-corrected chi connectivity index (χ3v) is 4.25. The molecule has 2 aromatic carbocycles. The van der Waals surface area contributed by atoms with Gasteiger partial charge in [-0.15, -0.1) is 0 Å². The minimum absolute atomic E-state index is 0.161. The van der Waals surface area contributed by atoms with E-state index in [-0.39, 0.29) is 24.7 Å². The van der Waals surface area contributed by atoms with Crippen LogP contribution in [0.25, 0.3) is 0 Å². The summed E-state index contributed by atoms with van der Waals surface area (Å²) in [5.41, 5.74) is 4.71. The second-order valence-corrected chi connectivity index (χ2v) is 6.51. The zero-order valence-corrected chi connectivity index (χ0v) is 15.8. The molecule has 0 aliphatic carbocycles. The van der Waals surface area contributed by atoms with Crippen molar-refractivity contribution >= 4 is 46.9 Å². The number of amides is 2. The summed E-state index contributed by atoms with van der Waals surface area (Å²) in [4.78, 5) is 23.7. The molecule has 0 spiro atoms. The monoisotopic (exact) mass is 391 g/mol. The number of hydrogen-bond acceptors (Lipinski definition) is 3. The van der Waals surface area contributed by atoms with Gasteiger partial charge in [0.1, 0.15) is 0 Å². The van der Waals surface area contributed by atoms with Crippen LogP contribution >= 0.6 is 23.2 Å². The minimum atomic E-state index is -0.255. The lowest BCUT2D eigenvalue weighted by Gasteiger charge is -2.09. The van der Waals surface area contributed by atoms with Crippen molar-refractivity contribution in [3.05, 3.63) is 63.6 Å². The molecule has 0 aliphatic rings. The molecule has 136 valence electrons. The number of nitrogens with one attached hydrogen (secondary N) is 2. The van der Waals surface area contributed by atoms with Crippen molar-refractivity contribution in [1.29, 1.82) is 0 Å². The normalized spacial score (nSPS) is 10.7. The molecule has 2 amide bonds. The van der Waals surface area contributed by atoms with Gasteiger partial charge in [0.15, 0.2) is 0 Å². The van der Waals surface area contributed by atoms with Crippen molar-refractivity contribution in [2.24, 2.45) is 5.10 Å². The summed E-state index contributed by atoms with van der Waals surface area (Å²) in [5, 5.41) is 7.86. The van der Waals surface area contributed by atoms with Gasteiger partial charge in [-0.05, 0) is 48.7 Å². The largest absolute Gasteiger partial charge is 0.326 e. The third-order valence-electron chi connectivity index (χ3n) is 3.60. The first-order valence-corrected chi connectivity index (χ1v) is 8.84. The Morgan fingerprint density at radius 1 is 1.08 bits per heavy atom. The summed E-state index contributed by atoms with van der Waals surface area (Å²) in [6, 6.07) is 12.4. The number of nitrogens with zero attached hydrogens (tertiary/aromatic N) is 1. The van der Waals surface area contributed by atoms with E-state index in [1.807, 2.05) is 13.0 Å². The Kier molecular flexibility index (Phi) is 7.63. The van der Waals surface area contributed by atoms with E-state index in [0.29, 0.717) is 22.2 Å². The molecule has 2 N–H and O–H groups in total. The Labute approximate surface area is 162 Å². The van der Waals surface area contributed by atoms with Gasteiger partial charge in [0.25, 0.3) is 0 Å². The summed E-state index contributed by atoms with van der Waals surface area (Å²) >= 11 is 11.9. The average Bonchev–Trinajstić information content (AvgIpc) is 2.59. The molecule has 26 heavy (non-hydrogen) atoms. The van der Waals surface area contributed by atoms with E-state index in [1.165, 1.54) is 6.21 Å². The Hall–Kier alpha value is -2.37. The Bertz CT molecular complexity index is 822. The Morgan fingerprint density at radius 2 is 1.81 bits per heavy atom. The van der Waals surface area contributed by atoms with Gasteiger partial charge < -0.3 is 5.32 Å². The zero-order chi connectivity index (χ0) is 18.9. The first-order valence-electron chi connectivity index (χ1n) is 8.08. The Balaban J connectivity index is 1.71. The molecule has 2 aromatic rings. The molecule has 5 nitrogen and oxygen atoms in total. The van der Waals surface area contributed by atoms with Crippen LogP contribution in [-0.2, 0) is 9.59 Å². The topological polar surface area (TPSA) is 70.6 Å². The van der Waals surface area contributed by atoms with Crippen molar-refractivity contribution in [3.63, 3.8) is 0 Å². The number of halogens is 2. The predicted molar refractivity (Wildman–Crippen MR) is 106 cm³/mol. The number of hydrogen-bond donors (Lipinski definition) is 2. The highest BCUT2D eigenvalue weighted by atomic mass is 35.5. The standard InChI is InChI=1S/C19H19Cl2N3O2/c1-13-16(21)7-3-8-17(13)23-18(25)9-4-10-19(26)24-22-12-14-5-2-6-15(20)11-14/h2-3,5-8,11-12H,4,9-10H2,1H3,(H,23,25)(H,24,26). The van der Waals surface area contributed by atoms with Crippen molar-refractivity contribution in [1.82, 2.24) is 5.43 Å². The molecule has 2 rings (SSSR count). The van der Waals surface area contributed by atoms with Gasteiger partial charge in [-0.1, -0.05) is 41.4 Å². The van der Waals surface area contributed by atoms with Crippen LogP contribution in [0, 0.1) is 6.92 Å². The lowest BCUT2D eigenvalue weighted by Crippen LogP contribution is -2.18. The van der Waals surface area contributed by atoms with E-state index in [9.17, 15) is 9.59 Å². The molecule has 0 aliphatic heterocycles. The maximum Gasteiger partial charge on any atom is 0.240 e. The van der Waals surface area contributed by atoms with Crippen LogP contribution in [0.4, 0.5) is 5.69 Å². The second-order valence-electron chi connectivity index (χ2n) is 5.66. The van der Waals surface area contributed by atoms with Crippen LogP contribution in [0.15, 0.2) is 47.6 Å². The lowest BCUT2D eigenvalue weighted by atomic mass is 10.2. The number of benzene rings is 2. The van der Waals surface area contributed by atoms with Crippen LogP contribution < -0.4 is 10.7 Å². The molecule has 0 unspecified atom stereocenters. The van der Waals surface area contributed by atoms with Gasteiger partial charge in [0.05, 0.1) is 6.21 Å². The first-order chi connectivity index (χ1) is 12.5. The van der Waals surface area contributed by atoms with Crippen molar-refractivity contribution in [2.45, 2.75) is 26.2 Å². The molecule has 0 saturated carbocycles. The van der Waals surface area contributed by atoms with Gasteiger partial charge in [-0.2, -0.15) is 5.10 Å². The third kappa shape index (κ3) is 6.50. The zero-order valence-electron chi connectivity index (χ0n) is 14.3. The highest BCUT2D eigenvalue weighted by Crippen LogP contribution is 2.23. The quantitative estimate of drug-likeness (QED) is 0.536. The molecule has 0 bridgehead atoms. The number of carbonyl (C=O) groups is 2. The van der Waals surface area contributed by atoms with Gasteiger partial charge in [0, 0.05) is 28.6 Å². The fourth-order valence-electron chi connectivity index (χ4n) is 2.19. The molecule has 0 aromatic heterocycles. The number of carbonyl (C=O) groups excluding carboxylic acids is 2. The van der Waals surface area contributed by atoms with Crippen molar-refractivity contribution in [3.8, 4) is 0 Å². The van der Waals surface area contributed by atoms with Gasteiger partial charge in [-0.3, -0.25) is 9.59 Å². The van der Waals surface area contributed by atoms with Gasteiger partial charge >= 0.3 is 0 Å². The molecule has 0 radical (unpaired) electrons. The smallest absolute Gasteiger partial charge is 0.240 e.